The second-order valence-electron chi connectivity index (χ2n) is 8.00. The van der Waals surface area contributed by atoms with Crippen molar-refractivity contribution in [3.05, 3.63) is 46.7 Å². The van der Waals surface area contributed by atoms with Gasteiger partial charge in [-0.25, -0.2) is 4.79 Å². The van der Waals surface area contributed by atoms with Gasteiger partial charge in [0.25, 0.3) is 0 Å². The fourth-order valence-electron chi connectivity index (χ4n) is 4.05. The summed E-state index contributed by atoms with van der Waals surface area (Å²) >= 11 is 0. The predicted octanol–water partition coefficient (Wildman–Crippen LogP) is 3.96. The van der Waals surface area contributed by atoms with Gasteiger partial charge in [-0.2, -0.15) is 4.68 Å². The maximum atomic E-state index is 13.2. The smallest absolute Gasteiger partial charge is 0.338 e. The van der Waals surface area contributed by atoms with Gasteiger partial charge in [-0.1, -0.05) is 49.6 Å². The van der Waals surface area contributed by atoms with Gasteiger partial charge < -0.3 is 10.1 Å². The van der Waals surface area contributed by atoms with E-state index in [9.17, 15) is 4.79 Å². The number of esters is 1. The lowest BCUT2D eigenvalue weighted by molar-refractivity contribution is -0.146. The lowest BCUT2D eigenvalue weighted by atomic mass is 9.93. The van der Waals surface area contributed by atoms with E-state index in [0.717, 1.165) is 36.9 Å². The number of anilines is 1. The lowest BCUT2D eigenvalue weighted by Crippen LogP contribution is -2.32. The summed E-state index contributed by atoms with van der Waals surface area (Å²) in [6.07, 6.45) is 5.33. The van der Waals surface area contributed by atoms with Crippen LogP contribution in [0.2, 0.25) is 0 Å². The predicted molar refractivity (Wildman–Crippen MR) is 106 cm³/mol. The second-order valence-corrected chi connectivity index (χ2v) is 8.00. The number of carbonyl (C=O) groups is 1. The number of fused-ring (bicyclic) bond motifs is 1. The Bertz CT molecular complexity index is 878. The first kappa shape index (κ1) is 18.7. The van der Waals surface area contributed by atoms with E-state index in [4.69, 9.17) is 4.74 Å². The summed E-state index contributed by atoms with van der Waals surface area (Å²) in [4.78, 5) is 13.2. The molecule has 7 heteroatoms. The minimum Gasteiger partial charge on any atom is -0.459 e. The van der Waals surface area contributed by atoms with Crippen LogP contribution in [0.25, 0.3) is 0 Å². The summed E-state index contributed by atoms with van der Waals surface area (Å²) in [5, 5.41) is 15.1. The molecule has 0 spiro atoms. The molecule has 1 aliphatic carbocycles. The normalized spacial score (nSPS) is 20.1. The topological polar surface area (TPSA) is 81.9 Å². The SMILES string of the molecule is CC1=C(C(=O)OC2CCCCC2)[C@H](c2ccc(C(C)C)cc2)n2nnnc2N1. The molecular formula is C21H27N5O2. The molecule has 0 amide bonds. The highest BCUT2D eigenvalue weighted by atomic mass is 16.5. The number of carbonyl (C=O) groups excluding carboxylic acids is 1. The summed E-state index contributed by atoms with van der Waals surface area (Å²) in [6, 6.07) is 7.91. The molecule has 7 nitrogen and oxygen atoms in total. The third-order valence-electron chi connectivity index (χ3n) is 5.68. The van der Waals surface area contributed by atoms with Crippen molar-refractivity contribution in [2.75, 3.05) is 5.32 Å². The monoisotopic (exact) mass is 381 g/mol. The molecule has 148 valence electrons. The molecule has 1 N–H and O–H groups in total. The Hall–Kier alpha value is -2.70. The number of rotatable bonds is 4. The Morgan fingerprint density at radius 1 is 1.18 bits per heavy atom. The maximum absolute atomic E-state index is 13.2. The van der Waals surface area contributed by atoms with Gasteiger partial charge in [0.2, 0.25) is 5.95 Å². The lowest BCUT2D eigenvalue weighted by Gasteiger charge is -2.29. The molecule has 1 atom stereocenters. The van der Waals surface area contributed by atoms with Gasteiger partial charge in [0.05, 0.1) is 5.57 Å². The molecule has 1 saturated carbocycles. The Labute approximate surface area is 165 Å². The van der Waals surface area contributed by atoms with Crippen molar-refractivity contribution in [2.24, 2.45) is 0 Å². The van der Waals surface area contributed by atoms with Crippen molar-refractivity contribution < 1.29 is 9.53 Å². The Morgan fingerprint density at radius 3 is 2.57 bits per heavy atom. The van der Waals surface area contributed by atoms with Gasteiger partial charge >= 0.3 is 5.97 Å². The van der Waals surface area contributed by atoms with Crippen molar-refractivity contribution in [3.8, 4) is 0 Å². The third kappa shape index (κ3) is 3.53. The molecule has 1 fully saturated rings. The van der Waals surface area contributed by atoms with E-state index in [-0.39, 0.29) is 12.1 Å². The van der Waals surface area contributed by atoms with Crippen LogP contribution in [0.15, 0.2) is 35.5 Å². The molecule has 0 saturated heterocycles. The van der Waals surface area contributed by atoms with Crippen LogP contribution >= 0.6 is 0 Å². The highest BCUT2D eigenvalue weighted by molar-refractivity contribution is 5.92. The molecule has 1 aromatic carbocycles. The number of ether oxygens (including phenoxy) is 1. The van der Waals surface area contributed by atoms with Crippen LogP contribution in [0.4, 0.5) is 5.95 Å². The molecule has 2 aliphatic rings. The quantitative estimate of drug-likeness (QED) is 0.807. The first-order valence-electron chi connectivity index (χ1n) is 10.1. The number of nitrogens with zero attached hydrogens (tertiary/aromatic N) is 4. The van der Waals surface area contributed by atoms with Crippen molar-refractivity contribution in [2.45, 2.75) is 70.9 Å². The number of hydrogen-bond acceptors (Lipinski definition) is 6. The molecule has 0 bridgehead atoms. The van der Waals surface area contributed by atoms with E-state index in [1.54, 1.807) is 4.68 Å². The molecule has 4 rings (SSSR count). The Morgan fingerprint density at radius 2 is 1.89 bits per heavy atom. The standard InChI is InChI=1S/C21H27N5O2/c1-13(2)15-9-11-16(12-10-15)19-18(14(3)22-21-23-24-25-26(19)21)20(27)28-17-7-5-4-6-8-17/h9-13,17,19H,4-8H2,1-3H3,(H,22,23,25)/t19-/m0/s1. The average Bonchev–Trinajstić information content (AvgIpc) is 3.15. The summed E-state index contributed by atoms with van der Waals surface area (Å²) < 4.78 is 7.55. The first-order valence-corrected chi connectivity index (χ1v) is 10.1. The number of tetrazole rings is 1. The van der Waals surface area contributed by atoms with Gasteiger partial charge in [0, 0.05) is 5.70 Å². The fraction of sp³-hybridized carbons (Fsp3) is 0.524. The van der Waals surface area contributed by atoms with E-state index in [1.807, 2.05) is 6.92 Å². The zero-order valence-electron chi connectivity index (χ0n) is 16.7. The van der Waals surface area contributed by atoms with Gasteiger partial charge in [0.15, 0.2) is 0 Å². The summed E-state index contributed by atoms with van der Waals surface area (Å²) in [6.45, 7) is 6.21. The molecule has 1 aliphatic heterocycles. The van der Waals surface area contributed by atoms with Gasteiger partial charge in [-0.15, -0.1) is 0 Å². The molecule has 1 aromatic heterocycles. The van der Waals surface area contributed by atoms with Crippen molar-refractivity contribution in [3.63, 3.8) is 0 Å². The average molecular weight is 381 g/mol. The maximum Gasteiger partial charge on any atom is 0.338 e. The van der Waals surface area contributed by atoms with E-state index < -0.39 is 6.04 Å². The highest BCUT2D eigenvalue weighted by Gasteiger charge is 2.36. The minimum absolute atomic E-state index is 0.000727. The van der Waals surface area contributed by atoms with Crippen LogP contribution in [-0.2, 0) is 9.53 Å². The van der Waals surface area contributed by atoms with Crippen LogP contribution in [-0.4, -0.2) is 32.3 Å². The molecule has 0 unspecified atom stereocenters. The fourth-order valence-corrected chi connectivity index (χ4v) is 4.05. The van der Waals surface area contributed by atoms with Gasteiger partial charge in [0.1, 0.15) is 12.1 Å². The van der Waals surface area contributed by atoms with E-state index in [0.29, 0.717) is 17.4 Å². The molecule has 2 aromatic rings. The molecule has 2 heterocycles. The second kappa shape index (κ2) is 7.73. The summed E-state index contributed by atoms with van der Waals surface area (Å²) in [5.41, 5.74) is 3.53. The van der Waals surface area contributed by atoms with Crippen molar-refractivity contribution in [1.29, 1.82) is 0 Å². The van der Waals surface area contributed by atoms with E-state index >= 15 is 0 Å². The zero-order valence-corrected chi connectivity index (χ0v) is 16.7. The van der Waals surface area contributed by atoms with Crippen molar-refractivity contribution in [1.82, 2.24) is 20.2 Å². The van der Waals surface area contributed by atoms with Crippen LogP contribution in [0.1, 0.15) is 76.0 Å². The van der Waals surface area contributed by atoms with Crippen LogP contribution in [0, 0.1) is 0 Å². The largest absolute Gasteiger partial charge is 0.459 e. The minimum atomic E-state index is -0.399. The molecular weight excluding hydrogens is 354 g/mol. The van der Waals surface area contributed by atoms with Crippen LogP contribution in [0.3, 0.4) is 0 Å². The zero-order chi connectivity index (χ0) is 19.7. The first-order chi connectivity index (χ1) is 13.5. The van der Waals surface area contributed by atoms with Crippen LogP contribution in [0.5, 0.6) is 0 Å². The molecule has 28 heavy (non-hydrogen) atoms. The van der Waals surface area contributed by atoms with E-state index in [2.05, 4.69) is 59.0 Å². The summed E-state index contributed by atoms with van der Waals surface area (Å²) in [7, 11) is 0. The number of aromatic nitrogens is 4. The number of hydrogen-bond donors (Lipinski definition) is 1. The molecule has 0 radical (unpaired) electrons. The number of nitrogens with one attached hydrogen (secondary N) is 1. The number of benzene rings is 1. The van der Waals surface area contributed by atoms with Gasteiger partial charge in [-0.05, 0) is 60.1 Å². The van der Waals surface area contributed by atoms with E-state index in [1.165, 1.54) is 12.0 Å². The van der Waals surface area contributed by atoms with Crippen LogP contribution < -0.4 is 5.32 Å². The Kier molecular flexibility index (Phi) is 5.15. The summed E-state index contributed by atoms with van der Waals surface area (Å²) in [5.74, 6) is 0.694. The highest BCUT2D eigenvalue weighted by Crippen LogP contribution is 2.36. The number of allylic oxidation sites excluding steroid dienone is 1. The third-order valence-corrected chi connectivity index (χ3v) is 5.68. The van der Waals surface area contributed by atoms with Crippen molar-refractivity contribution >= 4 is 11.9 Å². The van der Waals surface area contributed by atoms with Gasteiger partial charge in [-0.3, -0.25) is 0 Å². The Balaban J connectivity index is 1.68.